The minimum atomic E-state index is -4.91. The molecule has 0 radical (unpaired) electrons. The minimum absolute atomic E-state index is 0.0359. The topological polar surface area (TPSA) is 98.2 Å². The first-order valence-electron chi connectivity index (χ1n) is 11.9. The van der Waals surface area contributed by atoms with Gasteiger partial charge in [-0.3, -0.25) is 4.31 Å². The number of anilines is 2. The molecule has 1 N–H and O–H groups in total. The van der Waals surface area contributed by atoms with E-state index < -0.39 is 43.7 Å². The van der Waals surface area contributed by atoms with Crippen molar-refractivity contribution in [3.8, 4) is 0 Å². The van der Waals surface area contributed by atoms with Crippen molar-refractivity contribution in [2.45, 2.75) is 29.0 Å². The Hall–Kier alpha value is -2.72. The largest absolute Gasteiger partial charge is 0.421 e. The first-order chi connectivity index (χ1) is 18.5. The van der Waals surface area contributed by atoms with E-state index >= 15 is 0 Å². The highest BCUT2D eigenvalue weighted by molar-refractivity contribution is 7.92. The fourth-order valence-electron chi connectivity index (χ4n) is 4.45. The Balaban J connectivity index is 1.71. The van der Waals surface area contributed by atoms with Crippen LogP contribution in [0.3, 0.4) is 0 Å². The molecule has 0 saturated carbocycles. The number of piperazine rings is 1. The van der Waals surface area contributed by atoms with Gasteiger partial charge in [0.25, 0.3) is 10.0 Å². The molecule has 2 heterocycles. The van der Waals surface area contributed by atoms with Gasteiger partial charge >= 0.3 is 6.18 Å². The molecule has 1 saturated heterocycles. The van der Waals surface area contributed by atoms with Gasteiger partial charge in [0, 0.05) is 25.3 Å². The Bertz CT molecular complexity index is 1530. The van der Waals surface area contributed by atoms with Crippen molar-refractivity contribution in [3.05, 3.63) is 77.4 Å². The van der Waals surface area contributed by atoms with Gasteiger partial charge in [-0.25, -0.2) is 21.2 Å². The molecule has 15 heteroatoms. The lowest BCUT2D eigenvalue weighted by molar-refractivity contribution is -0.258. The van der Waals surface area contributed by atoms with E-state index in [1.807, 2.05) is 0 Å². The van der Waals surface area contributed by atoms with Crippen LogP contribution in [0.4, 0.5) is 28.9 Å². The zero-order valence-electron chi connectivity index (χ0n) is 21.4. The van der Waals surface area contributed by atoms with Crippen LogP contribution >= 0.6 is 11.3 Å². The first-order valence-corrected chi connectivity index (χ1v) is 16.1. The normalized spacial score (nSPS) is 18.9. The number of alkyl halides is 3. The van der Waals surface area contributed by atoms with Gasteiger partial charge in [0.15, 0.2) is 5.60 Å². The number of rotatable bonds is 8. The second kappa shape index (κ2) is 10.9. The Labute approximate surface area is 234 Å². The van der Waals surface area contributed by atoms with E-state index in [-0.39, 0.29) is 41.6 Å². The lowest BCUT2D eigenvalue weighted by Gasteiger charge is -2.44. The third kappa shape index (κ3) is 6.12. The summed E-state index contributed by atoms with van der Waals surface area (Å²) in [6.45, 7) is 0.420. The highest BCUT2D eigenvalue weighted by Gasteiger charge is 2.51. The molecule has 2 atom stereocenters. The van der Waals surface area contributed by atoms with Gasteiger partial charge < -0.3 is 10.0 Å². The first kappa shape index (κ1) is 30.2. The molecule has 0 amide bonds. The van der Waals surface area contributed by atoms with Crippen molar-refractivity contribution in [1.29, 1.82) is 0 Å². The molecule has 8 nitrogen and oxygen atoms in total. The van der Waals surface area contributed by atoms with E-state index in [9.17, 15) is 39.5 Å². The van der Waals surface area contributed by atoms with Crippen LogP contribution in [0.25, 0.3) is 0 Å². The zero-order chi connectivity index (χ0) is 29.5. The van der Waals surface area contributed by atoms with Crippen molar-refractivity contribution >= 4 is 42.8 Å². The van der Waals surface area contributed by atoms with E-state index in [1.54, 1.807) is 16.3 Å². The third-order valence-electron chi connectivity index (χ3n) is 6.74. The second-order valence-corrected chi connectivity index (χ2v) is 14.5. The third-order valence-corrected chi connectivity index (χ3v) is 11.1. The fraction of sp³-hybridized carbons (Fsp3) is 0.360. The molecule has 218 valence electrons. The summed E-state index contributed by atoms with van der Waals surface area (Å²) in [6, 6.07) is 12.1. The lowest BCUT2D eigenvalue weighted by atomic mass is 9.95. The van der Waals surface area contributed by atoms with Crippen LogP contribution < -0.4 is 9.21 Å². The van der Waals surface area contributed by atoms with Crippen LogP contribution in [0.5, 0.6) is 0 Å². The van der Waals surface area contributed by atoms with E-state index in [0.717, 1.165) is 46.2 Å². The average Bonchev–Trinajstić information content (AvgIpc) is 3.43. The Morgan fingerprint density at radius 1 is 1.00 bits per heavy atom. The molecule has 1 aliphatic rings. The maximum Gasteiger partial charge on any atom is 0.421 e. The molecule has 0 bridgehead atoms. The van der Waals surface area contributed by atoms with Crippen molar-refractivity contribution in [3.63, 3.8) is 0 Å². The summed E-state index contributed by atoms with van der Waals surface area (Å²) in [5.41, 5.74) is -2.90. The van der Waals surface area contributed by atoms with E-state index in [1.165, 1.54) is 34.6 Å². The van der Waals surface area contributed by atoms with Crippen molar-refractivity contribution < 1.29 is 39.5 Å². The lowest BCUT2D eigenvalue weighted by Crippen LogP contribution is -2.59. The molecular formula is C25H27F4N3O5S3. The Morgan fingerprint density at radius 2 is 1.62 bits per heavy atom. The van der Waals surface area contributed by atoms with Gasteiger partial charge in [-0.2, -0.15) is 17.5 Å². The Kier molecular flexibility index (Phi) is 8.26. The molecule has 2 aromatic carbocycles. The van der Waals surface area contributed by atoms with E-state index in [2.05, 4.69) is 0 Å². The van der Waals surface area contributed by atoms with E-state index in [4.69, 9.17) is 0 Å². The molecule has 1 fully saturated rings. The quantitative estimate of drug-likeness (QED) is 0.382. The van der Waals surface area contributed by atoms with Crippen LogP contribution in [0.2, 0.25) is 0 Å². The summed E-state index contributed by atoms with van der Waals surface area (Å²) in [5, 5.41) is 11.7. The van der Waals surface area contributed by atoms with Crippen LogP contribution in [0, 0.1) is 5.82 Å². The van der Waals surface area contributed by atoms with Crippen LogP contribution in [-0.2, 0) is 25.6 Å². The summed E-state index contributed by atoms with van der Waals surface area (Å²) in [6.07, 6.45) is -3.94. The number of benzene rings is 2. The van der Waals surface area contributed by atoms with Gasteiger partial charge in [-0.15, -0.1) is 11.3 Å². The average molecular weight is 622 g/mol. The SMILES string of the molecule is CC(O)(c1ccc(N2CCN(S(=O)(=O)c3cccs3)C[C@@H]2CN(c2ccc(F)cc2)S(C)(=O)=O)cc1)C(F)(F)F. The summed E-state index contributed by atoms with van der Waals surface area (Å²) < 4.78 is 108. The summed E-state index contributed by atoms with van der Waals surface area (Å²) in [7, 11) is -7.81. The highest BCUT2D eigenvalue weighted by Crippen LogP contribution is 2.39. The molecule has 0 aliphatic carbocycles. The molecule has 1 unspecified atom stereocenters. The number of hydrogen-bond donors (Lipinski definition) is 1. The van der Waals surface area contributed by atoms with Crippen LogP contribution in [0.1, 0.15) is 12.5 Å². The number of hydrogen-bond acceptors (Lipinski definition) is 7. The summed E-state index contributed by atoms with van der Waals surface area (Å²) in [5.74, 6) is -0.570. The fourth-order valence-corrected chi connectivity index (χ4v) is 8.01. The summed E-state index contributed by atoms with van der Waals surface area (Å²) >= 11 is 1.04. The van der Waals surface area contributed by atoms with Gasteiger partial charge in [0.1, 0.15) is 10.0 Å². The second-order valence-electron chi connectivity index (χ2n) is 9.53. The molecular weight excluding hydrogens is 594 g/mol. The Morgan fingerprint density at radius 3 is 2.15 bits per heavy atom. The smallest absolute Gasteiger partial charge is 0.376 e. The number of halogens is 4. The predicted octanol–water partition coefficient (Wildman–Crippen LogP) is 4.00. The number of thiophene rings is 1. The number of sulfonamides is 2. The van der Waals surface area contributed by atoms with Crippen molar-refractivity contribution in [2.75, 3.05) is 41.6 Å². The van der Waals surface area contributed by atoms with Crippen LogP contribution in [0.15, 0.2) is 70.3 Å². The maximum atomic E-state index is 13.6. The molecule has 0 spiro atoms. The van der Waals surface area contributed by atoms with Gasteiger partial charge in [-0.05, 0) is 60.3 Å². The van der Waals surface area contributed by atoms with Gasteiger partial charge in [0.05, 0.1) is 24.5 Å². The zero-order valence-corrected chi connectivity index (χ0v) is 23.9. The van der Waals surface area contributed by atoms with E-state index in [0.29, 0.717) is 12.6 Å². The minimum Gasteiger partial charge on any atom is -0.376 e. The maximum absolute atomic E-state index is 13.6. The molecule has 1 aromatic heterocycles. The summed E-state index contributed by atoms with van der Waals surface area (Å²) in [4.78, 5) is 1.72. The molecule has 40 heavy (non-hydrogen) atoms. The van der Waals surface area contributed by atoms with Gasteiger partial charge in [0.2, 0.25) is 10.0 Å². The predicted molar refractivity (Wildman–Crippen MR) is 145 cm³/mol. The number of aliphatic hydroxyl groups is 1. The molecule has 4 rings (SSSR count). The molecule has 1 aliphatic heterocycles. The monoisotopic (exact) mass is 621 g/mol. The molecule has 3 aromatic rings. The van der Waals surface area contributed by atoms with Crippen molar-refractivity contribution in [2.24, 2.45) is 0 Å². The van der Waals surface area contributed by atoms with Crippen LogP contribution in [-0.4, -0.2) is 70.9 Å². The number of nitrogens with zero attached hydrogens (tertiary/aromatic N) is 3. The highest BCUT2D eigenvalue weighted by atomic mass is 32.2. The standard InChI is InChI=1S/C25H27F4N3O5S3/c1-24(33,25(27,28)29)18-5-9-20(10-6-18)31-14-13-30(40(36,37)23-4-3-15-38-23)16-22(31)17-32(39(2,34)35)21-11-7-19(26)8-12-21/h3-12,15,22,33H,13-14,16-17H2,1-2H3/t22-,24?/m1/s1. The van der Waals surface area contributed by atoms with Crippen molar-refractivity contribution in [1.82, 2.24) is 4.31 Å². The van der Waals surface area contributed by atoms with Gasteiger partial charge in [-0.1, -0.05) is 18.2 Å².